The van der Waals surface area contributed by atoms with Crippen molar-refractivity contribution < 1.29 is 9.47 Å². The van der Waals surface area contributed by atoms with E-state index >= 15 is 0 Å². The Morgan fingerprint density at radius 2 is 1.02 bits per heavy atom. The van der Waals surface area contributed by atoms with Crippen LogP contribution in [0.1, 0.15) is 168 Å². The van der Waals surface area contributed by atoms with Crippen LogP contribution in [0.3, 0.4) is 0 Å². The third kappa shape index (κ3) is 24.8. The minimum Gasteiger partial charge on any atom is -0.347 e. The van der Waals surface area contributed by atoms with Gasteiger partial charge in [-0.25, -0.2) is 0 Å². The number of likely N-dealkylation sites (N-methyl/N-ethyl adjacent to an activating group) is 1. The molecule has 0 aliphatic carbocycles. The molecule has 0 spiro atoms. The SMILES string of the molecule is CCCC/C=C/C/C=C\CCCCCCCCC1(CCCCCCCC/C=C\C=C\CCCCC)OCC(CN(C)C)O1. The first-order valence-electron chi connectivity index (χ1n) is 18.7. The minimum atomic E-state index is -0.328. The lowest BCUT2D eigenvalue weighted by atomic mass is 9.98. The van der Waals surface area contributed by atoms with Crippen LogP contribution < -0.4 is 0 Å². The summed E-state index contributed by atoms with van der Waals surface area (Å²) in [6.07, 6.45) is 49.2. The van der Waals surface area contributed by atoms with Gasteiger partial charge in [-0.05, 0) is 78.3 Å². The highest BCUT2D eigenvalue weighted by Crippen LogP contribution is 2.35. The molecule has 1 saturated heterocycles. The topological polar surface area (TPSA) is 21.7 Å². The maximum absolute atomic E-state index is 6.61. The van der Waals surface area contributed by atoms with Gasteiger partial charge >= 0.3 is 0 Å². The van der Waals surface area contributed by atoms with Gasteiger partial charge in [0.1, 0.15) is 0 Å². The van der Waals surface area contributed by atoms with Crippen LogP contribution in [0.5, 0.6) is 0 Å². The number of hydrogen-bond acceptors (Lipinski definition) is 3. The normalized spacial score (nSPS) is 19.5. The van der Waals surface area contributed by atoms with Crippen LogP contribution in [0.4, 0.5) is 0 Å². The van der Waals surface area contributed by atoms with E-state index in [4.69, 9.17) is 9.47 Å². The number of rotatable bonds is 30. The van der Waals surface area contributed by atoms with Crippen LogP contribution in [-0.4, -0.2) is 44.0 Å². The average Bonchev–Trinajstić information content (AvgIpc) is 3.38. The molecule has 0 N–H and O–H groups in total. The molecule has 1 aliphatic rings. The molecule has 2 unspecified atom stereocenters. The summed E-state index contributed by atoms with van der Waals surface area (Å²) in [5.41, 5.74) is 0. The molecule has 43 heavy (non-hydrogen) atoms. The average molecular weight is 600 g/mol. The standard InChI is InChI=1S/C40H73NO2/c1-5-7-9-11-13-15-17-19-21-23-25-27-29-31-33-35-40(42-38-39(43-40)37-41(3)4)36-34-32-30-28-26-24-22-20-18-16-14-12-10-8-6-2/h11,13-14,16-20,39H,5-10,12,15,21-38H2,1-4H3/b13-11+,16-14+,19-17-,20-18-. The van der Waals surface area contributed by atoms with E-state index in [1.807, 2.05) is 0 Å². The van der Waals surface area contributed by atoms with Gasteiger partial charge in [0.25, 0.3) is 0 Å². The van der Waals surface area contributed by atoms with Crippen molar-refractivity contribution in [2.75, 3.05) is 27.2 Å². The first-order chi connectivity index (χ1) is 21.1. The maximum atomic E-state index is 6.61. The van der Waals surface area contributed by atoms with E-state index in [-0.39, 0.29) is 11.9 Å². The molecule has 0 saturated carbocycles. The van der Waals surface area contributed by atoms with Gasteiger partial charge in [-0.2, -0.15) is 0 Å². The Balaban J connectivity index is 2.15. The van der Waals surface area contributed by atoms with Crippen molar-refractivity contribution in [1.82, 2.24) is 4.90 Å². The summed E-state index contributed by atoms with van der Waals surface area (Å²) < 4.78 is 13.0. The number of allylic oxidation sites excluding steroid dienone is 8. The fourth-order valence-electron chi connectivity index (χ4n) is 5.92. The number of unbranched alkanes of at least 4 members (excludes halogenated alkanes) is 17. The summed E-state index contributed by atoms with van der Waals surface area (Å²) in [4.78, 5) is 2.22. The summed E-state index contributed by atoms with van der Waals surface area (Å²) in [5, 5.41) is 0. The summed E-state index contributed by atoms with van der Waals surface area (Å²) in [6, 6.07) is 0. The molecule has 0 aromatic rings. The molecule has 2 atom stereocenters. The summed E-state index contributed by atoms with van der Waals surface area (Å²) in [5.74, 6) is -0.328. The highest BCUT2D eigenvalue weighted by atomic mass is 16.7. The summed E-state index contributed by atoms with van der Waals surface area (Å²) in [7, 11) is 4.26. The van der Waals surface area contributed by atoms with Crippen molar-refractivity contribution >= 4 is 0 Å². The second kappa shape index (κ2) is 29.5. The van der Waals surface area contributed by atoms with E-state index in [1.54, 1.807) is 0 Å². The van der Waals surface area contributed by atoms with Crippen LogP contribution in [-0.2, 0) is 9.47 Å². The first kappa shape index (κ1) is 39.9. The highest BCUT2D eigenvalue weighted by Gasteiger charge is 2.40. The zero-order valence-corrected chi connectivity index (χ0v) is 29.3. The molecular formula is C40H73NO2. The molecule has 1 rings (SSSR count). The molecule has 1 fully saturated rings. The molecule has 0 aromatic heterocycles. The Morgan fingerprint density at radius 1 is 0.558 bits per heavy atom. The second-order valence-corrected chi connectivity index (χ2v) is 13.2. The number of nitrogens with zero attached hydrogens (tertiary/aromatic N) is 1. The van der Waals surface area contributed by atoms with Gasteiger partial charge in [-0.15, -0.1) is 0 Å². The van der Waals surface area contributed by atoms with Crippen molar-refractivity contribution in [3.05, 3.63) is 48.6 Å². The Hall–Kier alpha value is -1.16. The lowest BCUT2D eigenvalue weighted by molar-refractivity contribution is -0.180. The molecular weight excluding hydrogens is 526 g/mol. The fraction of sp³-hybridized carbons (Fsp3) is 0.800. The molecule has 0 aromatic carbocycles. The fourth-order valence-corrected chi connectivity index (χ4v) is 5.92. The predicted molar refractivity (Wildman–Crippen MR) is 191 cm³/mol. The van der Waals surface area contributed by atoms with E-state index < -0.39 is 0 Å². The van der Waals surface area contributed by atoms with Crippen molar-refractivity contribution in [2.24, 2.45) is 0 Å². The lowest BCUT2D eigenvalue weighted by Crippen LogP contribution is -2.33. The number of hydrogen-bond donors (Lipinski definition) is 0. The second-order valence-electron chi connectivity index (χ2n) is 13.2. The van der Waals surface area contributed by atoms with Gasteiger partial charge in [0.05, 0.1) is 12.7 Å². The summed E-state index contributed by atoms with van der Waals surface area (Å²) >= 11 is 0. The Kier molecular flexibility index (Phi) is 27.4. The molecule has 1 heterocycles. The van der Waals surface area contributed by atoms with Crippen LogP contribution in [0.15, 0.2) is 48.6 Å². The maximum Gasteiger partial charge on any atom is 0.168 e. The van der Waals surface area contributed by atoms with Gasteiger partial charge in [0.15, 0.2) is 5.79 Å². The number of ether oxygens (including phenoxy) is 2. The third-order valence-corrected chi connectivity index (χ3v) is 8.53. The quantitative estimate of drug-likeness (QED) is 0.0465. The Labute approximate surface area is 269 Å². The van der Waals surface area contributed by atoms with Crippen LogP contribution in [0, 0.1) is 0 Å². The van der Waals surface area contributed by atoms with Crippen molar-refractivity contribution in [1.29, 1.82) is 0 Å². The first-order valence-corrected chi connectivity index (χ1v) is 18.7. The van der Waals surface area contributed by atoms with Gasteiger partial charge in [0.2, 0.25) is 0 Å². The van der Waals surface area contributed by atoms with E-state index in [2.05, 4.69) is 81.5 Å². The van der Waals surface area contributed by atoms with E-state index in [1.165, 1.54) is 135 Å². The van der Waals surface area contributed by atoms with E-state index in [0.29, 0.717) is 0 Å². The van der Waals surface area contributed by atoms with Gasteiger partial charge in [0, 0.05) is 19.4 Å². The van der Waals surface area contributed by atoms with Crippen molar-refractivity contribution in [3.8, 4) is 0 Å². The molecule has 1 aliphatic heterocycles. The molecule has 0 bridgehead atoms. The monoisotopic (exact) mass is 600 g/mol. The van der Waals surface area contributed by atoms with Crippen LogP contribution in [0.25, 0.3) is 0 Å². The van der Waals surface area contributed by atoms with Gasteiger partial charge in [-0.1, -0.05) is 140 Å². The van der Waals surface area contributed by atoms with Gasteiger partial charge < -0.3 is 14.4 Å². The molecule has 0 amide bonds. The zero-order valence-electron chi connectivity index (χ0n) is 29.3. The lowest BCUT2D eigenvalue weighted by Gasteiger charge is -2.29. The largest absolute Gasteiger partial charge is 0.347 e. The smallest absolute Gasteiger partial charge is 0.168 e. The molecule has 3 nitrogen and oxygen atoms in total. The molecule has 0 radical (unpaired) electrons. The Morgan fingerprint density at radius 3 is 1.56 bits per heavy atom. The molecule has 250 valence electrons. The van der Waals surface area contributed by atoms with Gasteiger partial charge in [-0.3, -0.25) is 0 Å². The Bertz CT molecular complexity index is 709. The minimum absolute atomic E-state index is 0.217. The van der Waals surface area contributed by atoms with Crippen LogP contribution >= 0.6 is 0 Å². The highest BCUT2D eigenvalue weighted by molar-refractivity contribution is 5.02. The third-order valence-electron chi connectivity index (χ3n) is 8.53. The van der Waals surface area contributed by atoms with E-state index in [0.717, 1.165) is 32.4 Å². The zero-order chi connectivity index (χ0) is 31.1. The van der Waals surface area contributed by atoms with Crippen molar-refractivity contribution in [3.63, 3.8) is 0 Å². The van der Waals surface area contributed by atoms with Crippen LogP contribution in [0.2, 0.25) is 0 Å². The van der Waals surface area contributed by atoms with E-state index in [9.17, 15) is 0 Å². The molecule has 3 heteroatoms. The predicted octanol–water partition coefficient (Wildman–Crippen LogP) is 12.3. The summed E-state index contributed by atoms with van der Waals surface area (Å²) in [6.45, 7) is 6.22. The van der Waals surface area contributed by atoms with Crippen molar-refractivity contribution in [2.45, 2.75) is 180 Å².